The van der Waals surface area contributed by atoms with E-state index in [4.69, 9.17) is 0 Å². The van der Waals surface area contributed by atoms with Crippen LogP contribution in [0, 0.1) is 6.92 Å². The number of benzene rings is 1. The second kappa shape index (κ2) is 6.34. The Morgan fingerprint density at radius 3 is 2.77 bits per heavy atom. The lowest BCUT2D eigenvalue weighted by atomic mass is 10.3. The monoisotopic (exact) mass is 380 g/mol. The summed E-state index contributed by atoms with van der Waals surface area (Å²) in [5.41, 5.74) is 2.27. The summed E-state index contributed by atoms with van der Waals surface area (Å²) in [6.45, 7) is 2.71. The molecule has 2 heterocycles. The predicted molar refractivity (Wildman–Crippen MR) is 96.8 cm³/mol. The quantitative estimate of drug-likeness (QED) is 0.832. The Kier molecular flexibility index (Phi) is 4.44. The van der Waals surface area contributed by atoms with Gasteiger partial charge in [-0.05, 0) is 19.1 Å². The SMILES string of the molecule is Cc1c(NC2=NC[C@H](CBr)S2)c(=O)n(-c2ccccc2)n1C. The molecule has 1 N–H and O–H groups in total. The molecule has 0 saturated carbocycles. The number of para-hydroxylation sites is 1. The smallest absolute Gasteiger partial charge is 0.295 e. The van der Waals surface area contributed by atoms with Gasteiger partial charge in [-0.1, -0.05) is 45.9 Å². The molecule has 1 aliphatic rings. The molecule has 1 aromatic carbocycles. The molecule has 0 spiro atoms. The number of nitrogens with zero attached hydrogens (tertiary/aromatic N) is 3. The van der Waals surface area contributed by atoms with Crippen molar-refractivity contribution < 1.29 is 0 Å². The van der Waals surface area contributed by atoms with Crippen LogP contribution in [0.2, 0.25) is 0 Å². The summed E-state index contributed by atoms with van der Waals surface area (Å²) < 4.78 is 3.53. The van der Waals surface area contributed by atoms with Crippen LogP contribution in [-0.2, 0) is 7.05 Å². The number of rotatable bonds is 3. The summed E-state index contributed by atoms with van der Waals surface area (Å²) in [6.07, 6.45) is 0. The van der Waals surface area contributed by atoms with Gasteiger partial charge in [-0.2, -0.15) is 0 Å². The van der Waals surface area contributed by atoms with Gasteiger partial charge in [0.1, 0.15) is 5.69 Å². The molecule has 116 valence electrons. The molecule has 3 rings (SSSR count). The molecular weight excluding hydrogens is 364 g/mol. The van der Waals surface area contributed by atoms with E-state index in [1.54, 1.807) is 16.4 Å². The first-order chi connectivity index (χ1) is 10.6. The van der Waals surface area contributed by atoms with Crippen molar-refractivity contribution in [3.63, 3.8) is 0 Å². The van der Waals surface area contributed by atoms with Crippen LogP contribution >= 0.6 is 27.7 Å². The summed E-state index contributed by atoms with van der Waals surface area (Å²) in [6, 6.07) is 9.64. The molecule has 0 amide bonds. The average molecular weight is 381 g/mol. The maximum absolute atomic E-state index is 12.8. The third-order valence-electron chi connectivity index (χ3n) is 3.68. The first-order valence-electron chi connectivity index (χ1n) is 7.00. The highest BCUT2D eigenvalue weighted by Gasteiger charge is 2.22. The minimum Gasteiger partial charge on any atom is -0.329 e. The van der Waals surface area contributed by atoms with Crippen molar-refractivity contribution in [1.29, 1.82) is 0 Å². The van der Waals surface area contributed by atoms with Crippen molar-refractivity contribution in [3.8, 4) is 5.69 Å². The Bertz CT molecular complexity index is 766. The Morgan fingerprint density at radius 1 is 1.41 bits per heavy atom. The van der Waals surface area contributed by atoms with Crippen LogP contribution in [0.3, 0.4) is 0 Å². The van der Waals surface area contributed by atoms with E-state index in [1.165, 1.54) is 0 Å². The predicted octanol–water partition coefficient (Wildman–Crippen LogP) is 2.76. The standard InChI is InChI=1S/C15H17BrN4OS/c1-10-13(18-15-17-9-12(8-16)22-15)14(21)20(19(10)2)11-6-4-3-5-7-11/h3-7,12H,8-9H2,1-2H3,(H,17,18)/t12-/m0/s1. The molecular formula is C15H17BrN4OS. The van der Waals surface area contributed by atoms with E-state index < -0.39 is 0 Å². The zero-order chi connectivity index (χ0) is 15.7. The largest absolute Gasteiger partial charge is 0.329 e. The molecule has 2 aromatic rings. The minimum absolute atomic E-state index is 0.0585. The Morgan fingerprint density at radius 2 is 2.14 bits per heavy atom. The van der Waals surface area contributed by atoms with Crippen LogP contribution in [0.25, 0.3) is 5.69 Å². The average Bonchev–Trinajstić information content (AvgIpc) is 3.07. The lowest BCUT2D eigenvalue weighted by Gasteiger charge is -2.07. The summed E-state index contributed by atoms with van der Waals surface area (Å²) in [5, 5.41) is 5.36. The number of amidine groups is 1. The van der Waals surface area contributed by atoms with E-state index in [9.17, 15) is 4.79 Å². The Hall–Kier alpha value is -1.47. The molecule has 7 heteroatoms. The molecule has 0 saturated heterocycles. The first kappa shape index (κ1) is 15.4. The third-order valence-corrected chi connectivity index (χ3v) is 5.99. The Labute approximate surface area is 141 Å². The van der Waals surface area contributed by atoms with Crippen LogP contribution in [0.15, 0.2) is 40.1 Å². The molecule has 0 bridgehead atoms. The molecule has 1 aliphatic heterocycles. The molecule has 5 nitrogen and oxygen atoms in total. The highest BCUT2D eigenvalue weighted by Crippen LogP contribution is 2.24. The maximum atomic E-state index is 12.8. The second-order valence-electron chi connectivity index (χ2n) is 5.10. The number of halogens is 1. The van der Waals surface area contributed by atoms with Gasteiger partial charge in [0, 0.05) is 17.6 Å². The van der Waals surface area contributed by atoms with Crippen molar-refractivity contribution in [2.24, 2.45) is 12.0 Å². The van der Waals surface area contributed by atoms with Crippen LogP contribution in [-0.4, -0.2) is 31.7 Å². The van der Waals surface area contributed by atoms with Gasteiger partial charge in [-0.15, -0.1) is 0 Å². The molecule has 0 fully saturated rings. The van der Waals surface area contributed by atoms with E-state index in [0.717, 1.165) is 28.4 Å². The van der Waals surface area contributed by atoms with Gasteiger partial charge in [-0.25, -0.2) is 4.68 Å². The lowest BCUT2D eigenvalue weighted by Crippen LogP contribution is -2.22. The highest BCUT2D eigenvalue weighted by atomic mass is 79.9. The minimum atomic E-state index is -0.0585. The zero-order valence-electron chi connectivity index (χ0n) is 12.4. The topological polar surface area (TPSA) is 51.3 Å². The van der Waals surface area contributed by atoms with Crippen molar-refractivity contribution in [2.75, 3.05) is 17.2 Å². The maximum Gasteiger partial charge on any atom is 0.295 e. The van der Waals surface area contributed by atoms with Gasteiger partial charge in [-0.3, -0.25) is 14.5 Å². The molecule has 0 radical (unpaired) electrons. The van der Waals surface area contributed by atoms with E-state index in [-0.39, 0.29) is 5.56 Å². The van der Waals surface area contributed by atoms with Gasteiger partial charge in [0.05, 0.1) is 17.9 Å². The van der Waals surface area contributed by atoms with Gasteiger partial charge < -0.3 is 5.32 Å². The van der Waals surface area contributed by atoms with Crippen LogP contribution < -0.4 is 10.9 Å². The van der Waals surface area contributed by atoms with Crippen LogP contribution in [0.4, 0.5) is 5.69 Å². The van der Waals surface area contributed by atoms with Crippen molar-refractivity contribution in [2.45, 2.75) is 12.2 Å². The van der Waals surface area contributed by atoms with E-state index >= 15 is 0 Å². The molecule has 0 unspecified atom stereocenters. The fraction of sp³-hybridized carbons (Fsp3) is 0.333. The van der Waals surface area contributed by atoms with Gasteiger partial charge in [0.15, 0.2) is 5.17 Å². The van der Waals surface area contributed by atoms with E-state index in [0.29, 0.717) is 10.9 Å². The lowest BCUT2D eigenvalue weighted by molar-refractivity contribution is 0.630. The normalized spacial score (nSPS) is 17.6. The number of anilines is 1. The number of hydrogen-bond donors (Lipinski definition) is 1. The van der Waals surface area contributed by atoms with Gasteiger partial charge in [0.2, 0.25) is 0 Å². The number of hydrogen-bond acceptors (Lipinski definition) is 4. The first-order valence-corrected chi connectivity index (χ1v) is 9.00. The fourth-order valence-corrected chi connectivity index (χ4v) is 3.82. The van der Waals surface area contributed by atoms with Crippen molar-refractivity contribution in [1.82, 2.24) is 9.36 Å². The van der Waals surface area contributed by atoms with Crippen LogP contribution in [0.1, 0.15) is 5.69 Å². The molecule has 0 aliphatic carbocycles. The number of alkyl halides is 1. The highest BCUT2D eigenvalue weighted by molar-refractivity contribution is 9.09. The van der Waals surface area contributed by atoms with Crippen molar-refractivity contribution >= 4 is 38.5 Å². The van der Waals surface area contributed by atoms with Crippen LogP contribution in [0.5, 0.6) is 0 Å². The zero-order valence-corrected chi connectivity index (χ0v) is 14.8. The number of nitrogens with one attached hydrogen (secondary N) is 1. The third kappa shape index (κ3) is 2.75. The van der Waals surface area contributed by atoms with Gasteiger partial charge in [0.25, 0.3) is 5.56 Å². The summed E-state index contributed by atoms with van der Waals surface area (Å²) >= 11 is 5.14. The summed E-state index contributed by atoms with van der Waals surface area (Å²) in [5.74, 6) is 0. The van der Waals surface area contributed by atoms with Crippen molar-refractivity contribution in [3.05, 3.63) is 46.4 Å². The van der Waals surface area contributed by atoms with Gasteiger partial charge >= 0.3 is 0 Å². The molecule has 1 aromatic heterocycles. The molecule has 1 atom stereocenters. The number of aromatic nitrogens is 2. The second-order valence-corrected chi connectivity index (χ2v) is 7.04. The summed E-state index contributed by atoms with van der Waals surface area (Å²) in [4.78, 5) is 17.2. The van der Waals surface area contributed by atoms with E-state index in [2.05, 4.69) is 26.2 Å². The number of aliphatic imine (C=N–C) groups is 1. The Balaban J connectivity index is 1.96. The molecule has 22 heavy (non-hydrogen) atoms. The van der Waals surface area contributed by atoms with E-state index in [1.807, 2.05) is 49.0 Å². The fourth-order valence-electron chi connectivity index (χ4n) is 2.39. The summed E-state index contributed by atoms with van der Waals surface area (Å²) in [7, 11) is 1.89. The number of thioether (sulfide) groups is 1.